The number of hydrogen-bond acceptors (Lipinski definition) is 4. The van der Waals surface area contributed by atoms with E-state index in [4.69, 9.17) is 14.5 Å². The number of ether oxygens (including phenoxy) is 2. The predicted octanol–water partition coefficient (Wildman–Crippen LogP) is 3.14. The van der Waals surface area contributed by atoms with Crippen LogP contribution in [0.3, 0.4) is 0 Å². The van der Waals surface area contributed by atoms with Gasteiger partial charge in [-0.1, -0.05) is 18.2 Å². The summed E-state index contributed by atoms with van der Waals surface area (Å²) in [6, 6.07) is 6.30. The molecule has 0 spiro atoms. The summed E-state index contributed by atoms with van der Waals surface area (Å²) in [5.74, 6) is 3.76. The Labute approximate surface area is 161 Å². The topological polar surface area (TPSA) is 54.9 Å². The molecule has 1 fully saturated rings. The van der Waals surface area contributed by atoms with Crippen LogP contribution in [0.15, 0.2) is 35.8 Å². The predicted molar refractivity (Wildman–Crippen MR) is 111 cm³/mol. The first-order valence-electron chi connectivity index (χ1n) is 9.27. The van der Waals surface area contributed by atoms with Crippen LogP contribution in [0.2, 0.25) is 0 Å². The zero-order valence-electron chi connectivity index (χ0n) is 15.9. The number of nitrogens with one attached hydrogen (secondary N) is 2. The summed E-state index contributed by atoms with van der Waals surface area (Å²) >= 11 is 1.85. The van der Waals surface area contributed by atoms with Gasteiger partial charge >= 0.3 is 0 Å². The molecule has 1 aliphatic heterocycles. The van der Waals surface area contributed by atoms with Crippen molar-refractivity contribution in [3.05, 3.63) is 42.0 Å². The van der Waals surface area contributed by atoms with Crippen molar-refractivity contribution >= 4 is 17.7 Å². The first kappa shape index (κ1) is 20.6. The highest BCUT2D eigenvalue weighted by Gasteiger charge is 2.18. The number of guanidine groups is 1. The lowest BCUT2D eigenvalue weighted by Crippen LogP contribution is -2.38. The van der Waals surface area contributed by atoms with E-state index >= 15 is 0 Å². The molecule has 0 radical (unpaired) electrons. The van der Waals surface area contributed by atoms with Gasteiger partial charge in [-0.05, 0) is 25.5 Å². The SMILES string of the molecule is C=CCSCCNC(=NCc1ccc(C)cc1OC1CCOC1)NCC. The minimum atomic E-state index is 0.146. The number of aliphatic imine (C=N–C) groups is 1. The van der Waals surface area contributed by atoms with E-state index in [2.05, 4.69) is 49.3 Å². The third kappa shape index (κ3) is 7.30. The van der Waals surface area contributed by atoms with Crippen LogP contribution in [0.1, 0.15) is 24.5 Å². The van der Waals surface area contributed by atoms with E-state index in [1.807, 2.05) is 17.8 Å². The second-order valence-corrected chi connectivity index (χ2v) is 7.35. The molecule has 0 aliphatic carbocycles. The fourth-order valence-corrected chi connectivity index (χ4v) is 3.18. The van der Waals surface area contributed by atoms with Crippen LogP contribution < -0.4 is 15.4 Å². The normalized spacial score (nSPS) is 17.2. The molecule has 1 aromatic rings. The first-order valence-corrected chi connectivity index (χ1v) is 10.4. The van der Waals surface area contributed by atoms with Gasteiger partial charge in [0.2, 0.25) is 0 Å². The van der Waals surface area contributed by atoms with Crippen molar-refractivity contribution in [3.63, 3.8) is 0 Å². The first-order chi connectivity index (χ1) is 12.7. The zero-order valence-corrected chi connectivity index (χ0v) is 16.7. The number of aryl methyl sites for hydroxylation is 1. The fraction of sp³-hybridized carbons (Fsp3) is 0.550. The van der Waals surface area contributed by atoms with Gasteiger partial charge in [-0.25, -0.2) is 4.99 Å². The molecule has 2 rings (SSSR count). The number of nitrogens with zero attached hydrogens (tertiary/aromatic N) is 1. The van der Waals surface area contributed by atoms with Crippen molar-refractivity contribution in [2.75, 3.05) is 37.8 Å². The molecule has 1 unspecified atom stereocenters. The van der Waals surface area contributed by atoms with E-state index in [0.29, 0.717) is 13.2 Å². The largest absolute Gasteiger partial charge is 0.488 e. The molecule has 0 saturated carbocycles. The van der Waals surface area contributed by atoms with Crippen molar-refractivity contribution in [3.8, 4) is 5.75 Å². The summed E-state index contributed by atoms with van der Waals surface area (Å²) in [6.45, 7) is 11.6. The van der Waals surface area contributed by atoms with Crippen molar-refractivity contribution in [1.29, 1.82) is 0 Å². The maximum absolute atomic E-state index is 6.16. The number of benzene rings is 1. The highest BCUT2D eigenvalue weighted by molar-refractivity contribution is 7.99. The van der Waals surface area contributed by atoms with E-state index in [9.17, 15) is 0 Å². The molecule has 144 valence electrons. The van der Waals surface area contributed by atoms with Gasteiger partial charge in [-0.15, -0.1) is 6.58 Å². The number of rotatable bonds is 10. The van der Waals surface area contributed by atoms with Crippen molar-refractivity contribution in [1.82, 2.24) is 10.6 Å². The van der Waals surface area contributed by atoms with Gasteiger partial charge in [0, 0.05) is 36.6 Å². The molecular formula is C20H31N3O2S. The zero-order chi connectivity index (χ0) is 18.6. The van der Waals surface area contributed by atoms with Crippen LogP contribution in [-0.4, -0.2) is 49.9 Å². The van der Waals surface area contributed by atoms with Crippen molar-refractivity contribution in [2.24, 2.45) is 4.99 Å². The fourth-order valence-electron chi connectivity index (χ4n) is 2.60. The van der Waals surface area contributed by atoms with Crippen LogP contribution >= 0.6 is 11.8 Å². The van der Waals surface area contributed by atoms with Crippen LogP contribution in [0, 0.1) is 6.92 Å². The van der Waals surface area contributed by atoms with Gasteiger partial charge in [0.25, 0.3) is 0 Å². The monoisotopic (exact) mass is 377 g/mol. The summed E-state index contributed by atoms with van der Waals surface area (Å²) < 4.78 is 11.6. The lowest BCUT2D eigenvalue weighted by Gasteiger charge is -2.16. The maximum atomic E-state index is 6.16. The molecule has 2 N–H and O–H groups in total. The molecule has 1 saturated heterocycles. The van der Waals surface area contributed by atoms with Crippen LogP contribution in [0.25, 0.3) is 0 Å². The number of hydrogen-bond donors (Lipinski definition) is 2. The molecule has 0 bridgehead atoms. The summed E-state index contributed by atoms with van der Waals surface area (Å²) in [5, 5.41) is 6.67. The van der Waals surface area contributed by atoms with Crippen LogP contribution in [-0.2, 0) is 11.3 Å². The lowest BCUT2D eigenvalue weighted by molar-refractivity contribution is 0.140. The Balaban J connectivity index is 1.96. The van der Waals surface area contributed by atoms with Crippen LogP contribution in [0.5, 0.6) is 5.75 Å². The Morgan fingerprint density at radius 2 is 2.35 bits per heavy atom. The minimum Gasteiger partial charge on any atom is -0.488 e. The Morgan fingerprint density at radius 3 is 3.08 bits per heavy atom. The van der Waals surface area contributed by atoms with E-state index < -0.39 is 0 Å². The second kappa shape index (κ2) is 11.9. The van der Waals surface area contributed by atoms with Gasteiger partial charge in [0.15, 0.2) is 5.96 Å². The Bertz CT molecular complexity index is 586. The molecule has 0 aromatic heterocycles. The average molecular weight is 378 g/mol. The van der Waals surface area contributed by atoms with Gasteiger partial charge < -0.3 is 20.1 Å². The molecule has 1 heterocycles. The maximum Gasteiger partial charge on any atom is 0.191 e. The molecule has 6 heteroatoms. The molecule has 1 aromatic carbocycles. The van der Waals surface area contributed by atoms with Gasteiger partial charge in [0.05, 0.1) is 19.8 Å². The molecule has 1 atom stereocenters. The van der Waals surface area contributed by atoms with E-state index in [1.54, 1.807) is 0 Å². The summed E-state index contributed by atoms with van der Waals surface area (Å²) in [7, 11) is 0. The molecular weight excluding hydrogens is 346 g/mol. The molecule has 26 heavy (non-hydrogen) atoms. The second-order valence-electron chi connectivity index (χ2n) is 6.20. The summed E-state index contributed by atoms with van der Waals surface area (Å²) in [4.78, 5) is 4.72. The lowest BCUT2D eigenvalue weighted by atomic mass is 10.1. The Kier molecular flexibility index (Phi) is 9.42. The third-order valence-corrected chi connectivity index (χ3v) is 4.89. The smallest absolute Gasteiger partial charge is 0.191 e. The standard InChI is InChI=1S/C20H31N3O2S/c1-4-11-26-12-9-22-20(21-5-2)23-14-17-7-6-16(3)13-19(17)25-18-8-10-24-15-18/h4,6-7,13,18H,1,5,8-12,14-15H2,2-3H3,(H2,21,22,23). The molecule has 1 aliphatic rings. The van der Waals surface area contributed by atoms with Crippen molar-refractivity contribution in [2.45, 2.75) is 32.9 Å². The summed E-state index contributed by atoms with van der Waals surface area (Å²) in [6.07, 6.45) is 3.02. The highest BCUT2D eigenvalue weighted by atomic mass is 32.2. The van der Waals surface area contributed by atoms with E-state index in [1.165, 1.54) is 5.56 Å². The van der Waals surface area contributed by atoms with E-state index in [-0.39, 0.29) is 6.10 Å². The Morgan fingerprint density at radius 1 is 1.46 bits per heavy atom. The third-order valence-electron chi connectivity index (χ3n) is 3.93. The highest BCUT2D eigenvalue weighted by Crippen LogP contribution is 2.24. The average Bonchev–Trinajstić information content (AvgIpc) is 3.13. The molecule has 0 amide bonds. The van der Waals surface area contributed by atoms with Gasteiger partial charge in [-0.2, -0.15) is 11.8 Å². The number of thioether (sulfide) groups is 1. The molecule has 5 nitrogen and oxygen atoms in total. The van der Waals surface area contributed by atoms with Gasteiger partial charge in [0.1, 0.15) is 11.9 Å². The summed E-state index contributed by atoms with van der Waals surface area (Å²) in [5.41, 5.74) is 2.29. The Hall–Kier alpha value is -1.66. The van der Waals surface area contributed by atoms with Crippen LogP contribution in [0.4, 0.5) is 0 Å². The minimum absolute atomic E-state index is 0.146. The quantitative estimate of drug-likeness (QED) is 0.284. The van der Waals surface area contributed by atoms with E-state index in [0.717, 1.165) is 54.9 Å². The van der Waals surface area contributed by atoms with Gasteiger partial charge in [-0.3, -0.25) is 0 Å². The van der Waals surface area contributed by atoms with Crippen molar-refractivity contribution < 1.29 is 9.47 Å².